The van der Waals surface area contributed by atoms with Gasteiger partial charge in [0.1, 0.15) is 5.82 Å². The van der Waals surface area contributed by atoms with Gasteiger partial charge in [-0.2, -0.15) is 10.2 Å². The molecule has 98 valence electrons. The fraction of sp³-hybridized carbons (Fsp3) is 0.0714. The van der Waals surface area contributed by atoms with Crippen molar-refractivity contribution < 1.29 is 4.39 Å². The van der Waals surface area contributed by atoms with Gasteiger partial charge < -0.3 is 5.32 Å². The van der Waals surface area contributed by atoms with E-state index in [1.54, 1.807) is 18.2 Å². The number of rotatable bonds is 3. The molecule has 0 spiro atoms. The summed E-state index contributed by atoms with van der Waals surface area (Å²) in [6, 6.07) is 12.2. The second-order valence-corrected chi connectivity index (χ2v) is 4.25. The number of hydrogen-bond acceptors (Lipinski definition) is 4. The average Bonchev–Trinajstić information content (AvgIpc) is 2.87. The highest BCUT2D eigenvalue weighted by Gasteiger charge is 2.04. The molecule has 0 bridgehead atoms. The van der Waals surface area contributed by atoms with Crippen molar-refractivity contribution in [2.75, 3.05) is 5.32 Å². The summed E-state index contributed by atoms with van der Waals surface area (Å²) in [5.41, 5.74) is 2.21. The summed E-state index contributed by atoms with van der Waals surface area (Å²) in [4.78, 5) is 4.22. The molecule has 6 heteroatoms. The number of nitriles is 1. The third kappa shape index (κ3) is 2.42. The standard InChI is InChI=1S/C14H10FN5/c15-12-5-6-13-18-14(19-20(13)9-12)17-8-11-3-1-10(7-16)2-4-11/h1-6,9H,8H2,(H,17,19). The highest BCUT2D eigenvalue weighted by molar-refractivity contribution is 5.43. The molecule has 0 aliphatic carbocycles. The largest absolute Gasteiger partial charge is 0.349 e. The van der Waals surface area contributed by atoms with Crippen molar-refractivity contribution in [3.8, 4) is 6.07 Å². The van der Waals surface area contributed by atoms with Crippen molar-refractivity contribution in [2.24, 2.45) is 0 Å². The number of pyridine rings is 1. The normalized spacial score (nSPS) is 10.4. The van der Waals surface area contributed by atoms with Gasteiger partial charge in [-0.25, -0.2) is 8.91 Å². The molecule has 3 rings (SSSR count). The zero-order valence-electron chi connectivity index (χ0n) is 10.4. The van der Waals surface area contributed by atoms with Crippen molar-refractivity contribution in [3.05, 3.63) is 59.5 Å². The molecule has 3 aromatic rings. The zero-order chi connectivity index (χ0) is 13.9. The summed E-state index contributed by atoms with van der Waals surface area (Å²) in [5.74, 6) is 0.0704. The molecule has 2 aromatic heterocycles. The molecule has 20 heavy (non-hydrogen) atoms. The molecule has 0 aliphatic heterocycles. The van der Waals surface area contributed by atoms with E-state index >= 15 is 0 Å². The minimum Gasteiger partial charge on any atom is -0.349 e. The van der Waals surface area contributed by atoms with Gasteiger partial charge in [0.05, 0.1) is 17.8 Å². The second-order valence-electron chi connectivity index (χ2n) is 4.25. The number of hydrogen-bond donors (Lipinski definition) is 1. The summed E-state index contributed by atoms with van der Waals surface area (Å²) in [6.07, 6.45) is 1.27. The Balaban J connectivity index is 1.74. The molecule has 0 atom stereocenters. The third-order valence-electron chi connectivity index (χ3n) is 2.83. The lowest BCUT2D eigenvalue weighted by Crippen LogP contribution is -2.01. The van der Waals surface area contributed by atoms with Gasteiger partial charge in [-0.3, -0.25) is 0 Å². The minimum atomic E-state index is -0.360. The van der Waals surface area contributed by atoms with Gasteiger partial charge in [0.15, 0.2) is 5.65 Å². The van der Waals surface area contributed by atoms with Crippen LogP contribution in [-0.4, -0.2) is 14.6 Å². The van der Waals surface area contributed by atoms with E-state index in [1.807, 2.05) is 12.1 Å². The Hall–Kier alpha value is -2.94. The van der Waals surface area contributed by atoms with Crippen molar-refractivity contribution in [2.45, 2.75) is 6.54 Å². The monoisotopic (exact) mass is 267 g/mol. The molecule has 0 radical (unpaired) electrons. The van der Waals surface area contributed by atoms with Crippen LogP contribution in [0.5, 0.6) is 0 Å². The molecule has 1 aromatic carbocycles. The maximum Gasteiger partial charge on any atom is 0.243 e. The summed E-state index contributed by atoms with van der Waals surface area (Å²) in [7, 11) is 0. The molecule has 0 unspecified atom stereocenters. The average molecular weight is 267 g/mol. The Kier molecular flexibility index (Phi) is 3.01. The smallest absolute Gasteiger partial charge is 0.243 e. The van der Waals surface area contributed by atoms with Crippen LogP contribution in [0.2, 0.25) is 0 Å². The highest BCUT2D eigenvalue weighted by atomic mass is 19.1. The third-order valence-corrected chi connectivity index (χ3v) is 2.83. The van der Waals surface area contributed by atoms with Gasteiger partial charge in [-0.05, 0) is 29.8 Å². The highest BCUT2D eigenvalue weighted by Crippen LogP contribution is 2.09. The molecule has 0 aliphatic rings. The first-order valence-corrected chi connectivity index (χ1v) is 5.99. The van der Waals surface area contributed by atoms with Gasteiger partial charge in [0.2, 0.25) is 5.95 Å². The molecule has 5 nitrogen and oxygen atoms in total. The molecular weight excluding hydrogens is 257 g/mol. The van der Waals surface area contributed by atoms with E-state index in [-0.39, 0.29) is 5.82 Å². The van der Waals surface area contributed by atoms with E-state index in [0.29, 0.717) is 23.7 Å². The van der Waals surface area contributed by atoms with Crippen LogP contribution >= 0.6 is 0 Å². The SMILES string of the molecule is N#Cc1ccc(CNc2nc3ccc(F)cn3n2)cc1. The fourth-order valence-electron chi connectivity index (χ4n) is 1.81. The van der Waals surface area contributed by atoms with Gasteiger partial charge >= 0.3 is 0 Å². The van der Waals surface area contributed by atoms with Crippen molar-refractivity contribution in [1.29, 1.82) is 5.26 Å². The molecule has 2 heterocycles. The number of aromatic nitrogens is 3. The van der Waals surface area contributed by atoms with Crippen LogP contribution in [0.3, 0.4) is 0 Å². The van der Waals surface area contributed by atoms with Crippen molar-refractivity contribution in [1.82, 2.24) is 14.6 Å². The van der Waals surface area contributed by atoms with Crippen LogP contribution < -0.4 is 5.32 Å². The van der Waals surface area contributed by atoms with Crippen LogP contribution in [-0.2, 0) is 6.54 Å². The fourth-order valence-corrected chi connectivity index (χ4v) is 1.81. The van der Waals surface area contributed by atoms with E-state index in [4.69, 9.17) is 5.26 Å². The number of nitrogens with one attached hydrogen (secondary N) is 1. The molecule has 0 fully saturated rings. The Morgan fingerprint density at radius 3 is 2.75 bits per heavy atom. The summed E-state index contributed by atoms with van der Waals surface area (Å²) in [5, 5.41) is 15.9. The maximum absolute atomic E-state index is 13.0. The van der Waals surface area contributed by atoms with Gasteiger partial charge in [0.25, 0.3) is 0 Å². The summed E-state index contributed by atoms with van der Waals surface area (Å²) >= 11 is 0. The van der Waals surface area contributed by atoms with Gasteiger partial charge in [-0.1, -0.05) is 12.1 Å². The Labute approximate surface area is 114 Å². The maximum atomic E-state index is 13.0. The second kappa shape index (κ2) is 4.97. The molecule has 0 amide bonds. The minimum absolute atomic E-state index is 0.360. The molecular formula is C14H10FN5. The number of nitrogens with zero attached hydrogens (tertiary/aromatic N) is 4. The van der Waals surface area contributed by atoms with E-state index < -0.39 is 0 Å². The number of benzene rings is 1. The first-order chi connectivity index (χ1) is 9.74. The number of anilines is 1. The molecule has 1 N–H and O–H groups in total. The zero-order valence-corrected chi connectivity index (χ0v) is 10.4. The van der Waals surface area contributed by atoms with Gasteiger partial charge in [0, 0.05) is 6.54 Å². The topological polar surface area (TPSA) is 66.0 Å². The van der Waals surface area contributed by atoms with Crippen LogP contribution in [0.4, 0.5) is 10.3 Å². The van der Waals surface area contributed by atoms with Crippen molar-refractivity contribution in [3.63, 3.8) is 0 Å². The van der Waals surface area contributed by atoms with Crippen LogP contribution in [0.1, 0.15) is 11.1 Å². The van der Waals surface area contributed by atoms with Gasteiger partial charge in [-0.15, -0.1) is 5.10 Å². The lowest BCUT2D eigenvalue weighted by Gasteiger charge is -2.01. The first-order valence-electron chi connectivity index (χ1n) is 5.99. The lowest BCUT2D eigenvalue weighted by atomic mass is 10.1. The van der Waals surface area contributed by atoms with Crippen LogP contribution in [0.15, 0.2) is 42.6 Å². The number of halogens is 1. The Morgan fingerprint density at radius 2 is 2.00 bits per heavy atom. The van der Waals surface area contributed by atoms with Crippen molar-refractivity contribution >= 4 is 11.6 Å². The Bertz CT molecular complexity index is 785. The number of fused-ring (bicyclic) bond motifs is 1. The predicted octanol–water partition coefficient (Wildman–Crippen LogP) is 2.35. The van der Waals surface area contributed by atoms with E-state index in [9.17, 15) is 4.39 Å². The van der Waals surface area contributed by atoms with Crippen LogP contribution in [0.25, 0.3) is 5.65 Å². The van der Waals surface area contributed by atoms with E-state index in [1.165, 1.54) is 16.8 Å². The van der Waals surface area contributed by atoms with E-state index in [0.717, 1.165) is 5.56 Å². The predicted molar refractivity (Wildman–Crippen MR) is 71.4 cm³/mol. The Morgan fingerprint density at radius 1 is 1.20 bits per heavy atom. The van der Waals surface area contributed by atoms with Crippen LogP contribution in [0, 0.1) is 17.1 Å². The molecule has 0 saturated heterocycles. The summed E-state index contributed by atoms with van der Waals surface area (Å²) in [6.45, 7) is 0.533. The quantitative estimate of drug-likeness (QED) is 0.791. The molecule has 0 saturated carbocycles. The summed E-state index contributed by atoms with van der Waals surface area (Å²) < 4.78 is 14.4. The van der Waals surface area contributed by atoms with E-state index in [2.05, 4.69) is 21.5 Å². The lowest BCUT2D eigenvalue weighted by molar-refractivity contribution is 0.615. The first kappa shape index (κ1) is 12.1.